The van der Waals surface area contributed by atoms with Crippen LogP contribution in [0.3, 0.4) is 0 Å². The summed E-state index contributed by atoms with van der Waals surface area (Å²) in [7, 11) is -4.13. The smallest absolute Gasteiger partial charge is 0.281 e. The van der Waals surface area contributed by atoms with Gasteiger partial charge in [0.2, 0.25) is 9.84 Å². The van der Waals surface area contributed by atoms with Crippen molar-refractivity contribution in [2.45, 2.75) is 28.7 Å². The Hall–Kier alpha value is -4.36. The summed E-state index contributed by atoms with van der Waals surface area (Å²) in [6.07, 6.45) is 1.19. The van der Waals surface area contributed by atoms with Crippen molar-refractivity contribution in [1.29, 1.82) is 0 Å². The fraction of sp³-hybridized carbons (Fsp3) is 0.200. The molecule has 4 N–H and O–H groups in total. The molecule has 38 heavy (non-hydrogen) atoms. The predicted molar refractivity (Wildman–Crippen MR) is 136 cm³/mol. The van der Waals surface area contributed by atoms with Gasteiger partial charge >= 0.3 is 0 Å². The number of carbonyl (C=O) groups is 1. The summed E-state index contributed by atoms with van der Waals surface area (Å²) >= 11 is 0. The van der Waals surface area contributed by atoms with E-state index in [1.54, 1.807) is 0 Å². The third-order valence-electron chi connectivity index (χ3n) is 6.40. The van der Waals surface area contributed by atoms with Gasteiger partial charge in [0.15, 0.2) is 0 Å². The van der Waals surface area contributed by atoms with Gasteiger partial charge in [0, 0.05) is 30.7 Å². The minimum absolute atomic E-state index is 0.00987. The third-order valence-corrected chi connectivity index (χ3v) is 8.15. The predicted octanol–water partition coefficient (Wildman–Crippen LogP) is 3.80. The molecule has 1 saturated heterocycles. The van der Waals surface area contributed by atoms with Crippen LogP contribution in [0, 0.1) is 15.9 Å². The first-order chi connectivity index (χ1) is 18.2. The number of anilines is 1. The number of fused-ring (bicyclic) bond motifs is 1. The fourth-order valence-corrected chi connectivity index (χ4v) is 5.82. The molecular formula is C25H22FN5O6S. The van der Waals surface area contributed by atoms with E-state index in [2.05, 4.69) is 15.5 Å². The number of nitrogens with zero attached hydrogens (tertiary/aromatic N) is 2. The number of nitro benzene ring substituents is 1. The van der Waals surface area contributed by atoms with Crippen molar-refractivity contribution in [2.75, 3.05) is 18.5 Å². The lowest BCUT2D eigenvalue weighted by Crippen LogP contribution is -2.29. The highest BCUT2D eigenvalue weighted by atomic mass is 32.2. The summed E-state index contributed by atoms with van der Waals surface area (Å²) in [5.74, 6) is -1.51. The summed E-state index contributed by atoms with van der Waals surface area (Å²) in [4.78, 5) is 23.4. The summed E-state index contributed by atoms with van der Waals surface area (Å²) in [5.41, 5.74) is 5.87. The number of H-pyrrole nitrogens is 1. The Labute approximate surface area is 215 Å². The minimum atomic E-state index is -4.13. The van der Waals surface area contributed by atoms with Gasteiger partial charge in [-0.3, -0.25) is 20.0 Å². The molecular weight excluding hydrogens is 517 g/mol. The van der Waals surface area contributed by atoms with E-state index in [0.29, 0.717) is 31.6 Å². The molecule has 13 heteroatoms. The zero-order chi connectivity index (χ0) is 27.0. The first-order valence-corrected chi connectivity index (χ1v) is 13.1. The number of hydrogen-bond acceptors (Lipinski definition) is 8. The van der Waals surface area contributed by atoms with Crippen molar-refractivity contribution in [3.8, 4) is 11.3 Å². The average molecular weight is 540 g/mol. The van der Waals surface area contributed by atoms with E-state index < -0.39 is 26.5 Å². The molecule has 5 rings (SSSR count). The van der Waals surface area contributed by atoms with Crippen LogP contribution in [-0.4, -0.2) is 48.7 Å². The number of nitrogens with two attached hydrogens (primary N) is 1. The van der Waals surface area contributed by atoms with Crippen LogP contribution in [0.4, 0.5) is 15.8 Å². The minimum Gasteiger partial charge on any atom is -0.381 e. The van der Waals surface area contributed by atoms with Gasteiger partial charge < -0.3 is 15.8 Å². The fourth-order valence-electron chi connectivity index (χ4n) is 4.51. The lowest BCUT2D eigenvalue weighted by Gasteiger charge is -2.26. The van der Waals surface area contributed by atoms with Crippen LogP contribution in [0.15, 0.2) is 64.4 Å². The summed E-state index contributed by atoms with van der Waals surface area (Å²) in [6.45, 7) is 0.945. The van der Waals surface area contributed by atoms with Crippen LogP contribution in [0.5, 0.6) is 0 Å². The molecule has 1 fully saturated rings. The molecule has 1 aliphatic heterocycles. The van der Waals surface area contributed by atoms with Crippen LogP contribution < -0.4 is 11.1 Å². The second-order valence-electron chi connectivity index (χ2n) is 8.78. The van der Waals surface area contributed by atoms with Crippen molar-refractivity contribution in [1.82, 2.24) is 10.2 Å². The Morgan fingerprint density at radius 1 is 1.13 bits per heavy atom. The topological polar surface area (TPSA) is 170 Å². The van der Waals surface area contributed by atoms with Gasteiger partial charge in [0.25, 0.3) is 11.6 Å². The highest BCUT2D eigenvalue weighted by Crippen LogP contribution is 2.42. The third kappa shape index (κ3) is 4.57. The number of halogens is 1. The van der Waals surface area contributed by atoms with E-state index in [1.807, 2.05) is 0 Å². The number of carbonyl (C=O) groups excluding carboxylic acids is 1. The molecule has 0 unspecified atom stereocenters. The lowest BCUT2D eigenvalue weighted by molar-refractivity contribution is -0.384. The SMILES string of the molecule is NC(=O)c1ccc([N+](=O)[O-])c(-c2n[nH]c3ccc(S(=O)(=O)c4cccc(F)c4)cc23)c1NC1CCOCC1. The van der Waals surface area contributed by atoms with E-state index in [-0.39, 0.29) is 49.4 Å². The first kappa shape index (κ1) is 25.3. The van der Waals surface area contributed by atoms with Crippen molar-refractivity contribution in [3.05, 3.63) is 76.1 Å². The standard InChI is InChI=1S/C25H22FN5O6S/c26-14-2-1-3-16(12-14)38(35,36)17-4-6-20-19(13-17)24(30-29-20)22-21(31(33)34)7-5-18(25(27)32)23(22)28-15-8-10-37-11-9-15/h1-7,12-13,15,28H,8-11H2,(H2,27,32)(H,29,30). The molecule has 11 nitrogen and oxygen atoms in total. The molecule has 0 bridgehead atoms. The van der Waals surface area contributed by atoms with E-state index >= 15 is 0 Å². The van der Waals surface area contributed by atoms with Gasteiger partial charge in [-0.1, -0.05) is 6.07 Å². The number of nitro groups is 1. The van der Waals surface area contributed by atoms with Crippen molar-refractivity contribution in [2.24, 2.45) is 5.73 Å². The average Bonchev–Trinajstić information content (AvgIpc) is 3.32. The van der Waals surface area contributed by atoms with Gasteiger partial charge in [-0.2, -0.15) is 5.10 Å². The maximum absolute atomic E-state index is 13.8. The highest BCUT2D eigenvalue weighted by Gasteiger charge is 2.30. The van der Waals surface area contributed by atoms with Crippen molar-refractivity contribution < 1.29 is 27.3 Å². The molecule has 3 aromatic carbocycles. The molecule has 2 heterocycles. The molecule has 1 aliphatic rings. The van der Waals surface area contributed by atoms with Crippen molar-refractivity contribution >= 4 is 38.0 Å². The molecule has 0 spiro atoms. The Morgan fingerprint density at radius 3 is 2.55 bits per heavy atom. The van der Waals surface area contributed by atoms with Gasteiger partial charge in [-0.15, -0.1) is 0 Å². The summed E-state index contributed by atoms with van der Waals surface area (Å²) in [6, 6.07) is 11.0. The molecule has 1 aromatic heterocycles. The van der Waals surface area contributed by atoms with Gasteiger partial charge in [0.05, 0.1) is 31.5 Å². The summed E-state index contributed by atoms with van der Waals surface area (Å²) < 4.78 is 45.7. The number of amides is 1. The highest BCUT2D eigenvalue weighted by molar-refractivity contribution is 7.91. The first-order valence-electron chi connectivity index (χ1n) is 11.6. The Kier molecular flexibility index (Phi) is 6.55. The van der Waals surface area contributed by atoms with Crippen LogP contribution in [-0.2, 0) is 14.6 Å². The van der Waals surface area contributed by atoms with Gasteiger partial charge in [0.1, 0.15) is 17.1 Å². The molecule has 196 valence electrons. The lowest BCUT2D eigenvalue weighted by atomic mass is 9.97. The van der Waals surface area contributed by atoms with Gasteiger partial charge in [-0.25, -0.2) is 12.8 Å². The Balaban J connectivity index is 1.73. The molecule has 0 aliphatic carbocycles. The number of ether oxygens (including phenoxy) is 1. The second-order valence-corrected chi connectivity index (χ2v) is 10.7. The zero-order valence-corrected chi connectivity index (χ0v) is 20.6. The van der Waals surface area contributed by atoms with E-state index in [4.69, 9.17) is 10.5 Å². The summed E-state index contributed by atoms with van der Waals surface area (Å²) in [5, 5.41) is 22.6. The number of aromatic nitrogens is 2. The maximum atomic E-state index is 13.8. The molecule has 0 radical (unpaired) electrons. The number of nitrogens with one attached hydrogen (secondary N) is 2. The van der Waals surface area contributed by atoms with Crippen LogP contribution >= 0.6 is 0 Å². The molecule has 0 saturated carbocycles. The van der Waals surface area contributed by atoms with Gasteiger partial charge in [-0.05, 0) is 55.3 Å². The molecule has 4 aromatic rings. The van der Waals surface area contributed by atoms with Crippen LogP contribution in [0.2, 0.25) is 0 Å². The quantitative estimate of drug-likeness (QED) is 0.235. The number of benzene rings is 3. The van der Waals surface area contributed by atoms with Crippen LogP contribution in [0.1, 0.15) is 23.2 Å². The van der Waals surface area contributed by atoms with Crippen molar-refractivity contribution in [3.63, 3.8) is 0 Å². The van der Waals surface area contributed by atoms with Crippen LogP contribution in [0.25, 0.3) is 22.2 Å². The Bertz CT molecular complexity index is 1680. The number of hydrogen-bond donors (Lipinski definition) is 3. The maximum Gasteiger partial charge on any atom is 0.281 e. The van der Waals surface area contributed by atoms with E-state index in [9.17, 15) is 27.7 Å². The second kappa shape index (κ2) is 9.84. The normalized spacial score (nSPS) is 14.4. The molecule has 0 atom stereocenters. The number of rotatable bonds is 7. The molecule has 1 amide bonds. The largest absolute Gasteiger partial charge is 0.381 e. The number of aromatic amines is 1. The monoisotopic (exact) mass is 539 g/mol. The van der Waals surface area contributed by atoms with E-state index in [1.165, 1.54) is 42.5 Å². The van der Waals surface area contributed by atoms with E-state index in [0.717, 1.165) is 12.1 Å². The zero-order valence-electron chi connectivity index (χ0n) is 19.8. The number of primary amides is 1. The number of sulfone groups is 1. The Morgan fingerprint density at radius 2 is 1.87 bits per heavy atom.